The maximum absolute atomic E-state index is 13.7. The number of ether oxygens (including phenoxy) is 1. The van der Waals surface area contributed by atoms with Crippen molar-refractivity contribution in [1.82, 2.24) is 15.5 Å². The zero-order valence-corrected chi connectivity index (χ0v) is 17.2. The van der Waals surface area contributed by atoms with Crippen molar-refractivity contribution in [3.8, 4) is 5.75 Å². The Morgan fingerprint density at radius 1 is 1.17 bits per heavy atom. The summed E-state index contributed by atoms with van der Waals surface area (Å²) in [6.45, 7) is 5.92. The summed E-state index contributed by atoms with van der Waals surface area (Å²) < 4.78 is 24.8. The smallest absolute Gasteiger partial charge is 0.277 e. The van der Waals surface area contributed by atoms with Crippen LogP contribution in [0.2, 0.25) is 0 Å². The minimum absolute atomic E-state index is 0.108. The fourth-order valence-electron chi connectivity index (χ4n) is 2.46. The summed E-state index contributed by atoms with van der Waals surface area (Å²) in [6, 6.07) is 14.1. The van der Waals surface area contributed by atoms with E-state index in [1.807, 2.05) is 31.2 Å². The molecule has 152 valence electrons. The lowest BCUT2D eigenvalue weighted by Crippen LogP contribution is -2.30. The maximum atomic E-state index is 13.7. The van der Waals surface area contributed by atoms with Gasteiger partial charge >= 0.3 is 0 Å². The molecule has 8 heteroatoms. The van der Waals surface area contributed by atoms with Crippen LogP contribution in [-0.2, 0) is 11.3 Å². The first-order chi connectivity index (χ1) is 13.9. The molecule has 0 saturated heterocycles. The minimum atomic E-state index is -0.626. The second kappa shape index (κ2) is 9.56. The SMILES string of the molecule is Cc1ccc(CNC(=O)[C@@H](C)Sc2nnc([C@@H](C)Oc3ccccc3F)o2)cc1. The van der Waals surface area contributed by atoms with Crippen LogP contribution in [0.15, 0.2) is 58.2 Å². The van der Waals surface area contributed by atoms with Crippen molar-refractivity contribution in [2.24, 2.45) is 0 Å². The average molecular weight is 415 g/mol. The van der Waals surface area contributed by atoms with Crippen molar-refractivity contribution >= 4 is 17.7 Å². The highest BCUT2D eigenvalue weighted by molar-refractivity contribution is 8.00. The number of benzene rings is 2. The predicted octanol–water partition coefficient (Wildman–Crippen LogP) is 4.45. The van der Waals surface area contributed by atoms with Gasteiger partial charge in [-0.15, -0.1) is 10.2 Å². The number of hydrogen-bond acceptors (Lipinski definition) is 6. The van der Waals surface area contributed by atoms with Gasteiger partial charge in [0.25, 0.3) is 11.1 Å². The largest absolute Gasteiger partial charge is 0.478 e. The molecule has 3 rings (SSSR count). The van der Waals surface area contributed by atoms with Crippen LogP contribution < -0.4 is 10.1 Å². The molecule has 0 aliphatic carbocycles. The molecule has 0 radical (unpaired) electrons. The minimum Gasteiger partial charge on any atom is -0.478 e. The highest BCUT2D eigenvalue weighted by Crippen LogP contribution is 2.27. The van der Waals surface area contributed by atoms with Crippen LogP contribution in [0, 0.1) is 12.7 Å². The van der Waals surface area contributed by atoms with E-state index in [2.05, 4.69) is 15.5 Å². The van der Waals surface area contributed by atoms with Crippen LogP contribution in [0.5, 0.6) is 5.75 Å². The molecule has 0 spiro atoms. The van der Waals surface area contributed by atoms with Crippen molar-refractivity contribution in [3.63, 3.8) is 0 Å². The predicted molar refractivity (Wildman–Crippen MR) is 108 cm³/mol. The number of hydrogen-bond donors (Lipinski definition) is 1. The van der Waals surface area contributed by atoms with E-state index in [0.717, 1.165) is 17.3 Å². The molecule has 1 aromatic heterocycles. The van der Waals surface area contributed by atoms with Crippen molar-refractivity contribution in [2.45, 2.75) is 43.9 Å². The normalized spacial score (nSPS) is 13.0. The Labute approximate surface area is 172 Å². The van der Waals surface area contributed by atoms with Gasteiger partial charge in [0.05, 0.1) is 5.25 Å². The maximum Gasteiger partial charge on any atom is 0.277 e. The molecule has 1 heterocycles. The van der Waals surface area contributed by atoms with Gasteiger partial charge in [-0.2, -0.15) is 0 Å². The topological polar surface area (TPSA) is 77.2 Å². The van der Waals surface area contributed by atoms with Crippen LogP contribution >= 0.6 is 11.8 Å². The van der Waals surface area contributed by atoms with Gasteiger partial charge in [-0.1, -0.05) is 53.7 Å². The van der Waals surface area contributed by atoms with E-state index in [4.69, 9.17) is 9.15 Å². The summed E-state index contributed by atoms with van der Waals surface area (Å²) >= 11 is 1.16. The molecule has 2 atom stereocenters. The second-order valence-electron chi connectivity index (χ2n) is 6.56. The number of carbonyl (C=O) groups is 1. The van der Waals surface area contributed by atoms with Crippen LogP contribution in [-0.4, -0.2) is 21.4 Å². The van der Waals surface area contributed by atoms with Gasteiger partial charge in [-0.05, 0) is 38.5 Å². The number of rotatable bonds is 8. The monoisotopic (exact) mass is 415 g/mol. The number of aromatic nitrogens is 2. The van der Waals surface area contributed by atoms with Gasteiger partial charge in [-0.25, -0.2) is 4.39 Å². The van der Waals surface area contributed by atoms with E-state index in [9.17, 15) is 9.18 Å². The van der Waals surface area contributed by atoms with E-state index < -0.39 is 17.2 Å². The Kier molecular flexibility index (Phi) is 6.87. The van der Waals surface area contributed by atoms with Gasteiger partial charge in [0, 0.05) is 6.54 Å². The quantitative estimate of drug-likeness (QED) is 0.548. The van der Waals surface area contributed by atoms with Crippen molar-refractivity contribution in [3.05, 3.63) is 71.4 Å². The third kappa shape index (κ3) is 5.80. The number of para-hydroxylation sites is 1. The molecule has 0 aliphatic rings. The zero-order chi connectivity index (χ0) is 20.8. The molecule has 0 aliphatic heterocycles. The lowest BCUT2D eigenvalue weighted by Gasteiger charge is -2.11. The highest BCUT2D eigenvalue weighted by Gasteiger charge is 2.21. The molecule has 2 aromatic carbocycles. The van der Waals surface area contributed by atoms with Gasteiger partial charge in [0.1, 0.15) is 0 Å². The van der Waals surface area contributed by atoms with E-state index in [1.54, 1.807) is 26.0 Å². The number of nitrogens with zero attached hydrogens (tertiary/aromatic N) is 2. The fourth-order valence-corrected chi connectivity index (χ4v) is 3.17. The van der Waals surface area contributed by atoms with E-state index in [1.165, 1.54) is 17.7 Å². The van der Waals surface area contributed by atoms with Gasteiger partial charge in [0.2, 0.25) is 5.91 Å². The number of nitrogens with one attached hydrogen (secondary N) is 1. The number of aryl methyl sites for hydroxylation is 1. The Balaban J connectivity index is 1.52. The number of amides is 1. The molecule has 0 unspecified atom stereocenters. The third-order valence-electron chi connectivity index (χ3n) is 4.14. The lowest BCUT2D eigenvalue weighted by molar-refractivity contribution is -0.120. The summed E-state index contributed by atoms with van der Waals surface area (Å²) in [5.74, 6) is -0.280. The van der Waals surface area contributed by atoms with Gasteiger partial charge < -0.3 is 14.5 Å². The first kappa shape index (κ1) is 20.9. The van der Waals surface area contributed by atoms with Crippen molar-refractivity contribution < 1.29 is 18.3 Å². The van der Waals surface area contributed by atoms with Crippen LogP contribution in [0.1, 0.15) is 37.0 Å². The summed E-state index contributed by atoms with van der Waals surface area (Å²) in [7, 11) is 0. The van der Waals surface area contributed by atoms with Gasteiger partial charge in [0.15, 0.2) is 17.7 Å². The first-order valence-electron chi connectivity index (χ1n) is 9.17. The molecular formula is C21H22FN3O3S. The second-order valence-corrected chi connectivity index (χ2v) is 7.85. The van der Waals surface area contributed by atoms with Gasteiger partial charge in [-0.3, -0.25) is 4.79 Å². The first-order valence-corrected chi connectivity index (χ1v) is 10.0. The van der Waals surface area contributed by atoms with E-state index in [0.29, 0.717) is 6.54 Å². The Morgan fingerprint density at radius 2 is 1.90 bits per heavy atom. The zero-order valence-electron chi connectivity index (χ0n) is 16.4. The molecule has 1 N–H and O–H groups in total. The lowest BCUT2D eigenvalue weighted by atomic mass is 10.1. The number of carbonyl (C=O) groups excluding carboxylic acids is 1. The molecule has 29 heavy (non-hydrogen) atoms. The highest BCUT2D eigenvalue weighted by atomic mass is 32.2. The van der Waals surface area contributed by atoms with Crippen LogP contribution in [0.3, 0.4) is 0 Å². The molecule has 1 amide bonds. The molecule has 0 fully saturated rings. The Bertz CT molecular complexity index is 962. The van der Waals surface area contributed by atoms with Crippen LogP contribution in [0.4, 0.5) is 4.39 Å². The van der Waals surface area contributed by atoms with E-state index in [-0.39, 0.29) is 22.8 Å². The van der Waals surface area contributed by atoms with Crippen LogP contribution in [0.25, 0.3) is 0 Å². The summed E-state index contributed by atoms with van der Waals surface area (Å²) in [4.78, 5) is 12.3. The average Bonchev–Trinajstić information content (AvgIpc) is 3.17. The summed E-state index contributed by atoms with van der Waals surface area (Å²) in [5, 5.41) is 10.6. The molecular weight excluding hydrogens is 393 g/mol. The summed E-state index contributed by atoms with van der Waals surface area (Å²) in [5.41, 5.74) is 2.20. The molecule has 3 aromatic rings. The molecule has 0 saturated carbocycles. The molecule has 0 bridgehead atoms. The third-order valence-corrected chi connectivity index (χ3v) is 5.08. The van der Waals surface area contributed by atoms with Crippen molar-refractivity contribution in [1.29, 1.82) is 0 Å². The standard InChI is InChI=1S/C21H22FN3O3S/c1-13-8-10-16(11-9-13)12-23-19(26)15(3)29-21-25-24-20(28-21)14(2)27-18-7-5-4-6-17(18)22/h4-11,14-15H,12H2,1-3H3,(H,23,26)/t14-,15-/m1/s1. The summed E-state index contributed by atoms with van der Waals surface area (Å²) in [6.07, 6.45) is -0.626. The van der Waals surface area contributed by atoms with E-state index >= 15 is 0 Å². The fraction of sp³-hybridized carbons (Fsp3) is 0.286. The number of halogens is 1. The Hall–Kier alpha value is -2.87. The number of thioether (sulfide) groups is 1. The van der Waals surface area contributed by atoms with Crippen molar-refractivity contribution in [2.75, 3.05) is 0 Å². The molecule has 6 nitrogen and oxygen atoms in total. The Morgan fingerprint density at radius 3 is 2.62 bits per heavy atom.